The van der Waals surface area contributed by atoms with Crippen molar-refractivity contribution in [3.63, 3.8) is 0 Å². The van der Waals surface area contributed by atoms with Crippen molar-refractivity contribution in [3.05, 3.63) is 72.1 Å². The Morgan fingerprint density at radius 1 is 1.04 bits per heavy atom. The smallest absolute Gasteiger partial charge is 0.251 e. The summed E-state index contributed by atoms with van der Waals surface area (Å²) in [5.41, 5.74) is 2.56. The molecule has 26 heavy (non-hydrogen) atoms. The highest BCUT2D eigenvalue weighted by atomic mass is 16.5. The van der Waals surface area contributed by atoms with Gasteiger partial charge < -0.3 is 14.8 Å². The van der Waals surface area contributed by atoms with Crippen molar-refractivity contribution in [2.24, 2.45) is 0 Å². The molecule has 1 heterocycles. The molecule has 0 atom stereocenters. The molecular weight excluding hydrogens is 330 g/mol. The molecule has 0 aliphatic heterocycles. The number of hydrogen-bond donors (Lipinski definition) is 1. The Morgan fingerprint density at radius 2 is 1.73 bits per heavy atom. The largest absolute Gasteiger partial charge is 0.497 e. The van der Waals surface area contributed by atoms with Crippen molar-refractivity contribution < 1.29 is 14.3 Å². The second kappa shape index (κ2) is 8.20. The van der Waals surface area contributed by atoms with E-state index in [-0.39, 0.29) is 5.91 Å². The molecular formula is C20H21N3O3. The van der Waals surface area contributed by atoms with Gasteiger partial charge in [-0.3, -0.25) is 4.79 Å². The van der Waals surface area contributed by atoms with Crippen LogP contribution in [-0.2, 0) is 0 Å². The number of benzene rings is 2. The first kappa shape index (κ1) is 17.5. The molecule has 3 aromatic rings. The van der Waals surface area contributed by atoms with E-state index >= 15 is 0 Å². The van der Waals surface area contributed by atoms with Crippen molar-refractivity contribution >= 4 is 5.91 Å². The molecule has 0 fully saturated rings. The SMILES string of the molecule is COc1ccc(OCCNC(=O)c2ccc(-n3nccc3C)cc2)cc1. The molecule has 2 aromatic carbocycles. The molecule has 3 rings (SSSR count). The Labute approximate surface area is 152 Å². The Balaban J connectivity index is 1.48. The summed E-state index contributed by atoms with van der Waals surface area (Å²) >= 11 is 0. The Kier molecular flexibility index (Phi) is 5.53. The van der Waals surface area contributed by atoms with Gasteiger partial charge in [0, 0.05) is 17.5 Å². The van der Waals surface area contributed by atoms with Crippen LogP contribution in [0.1, 0.15) is 16.1 Å². The summed E-state index contributed by atoms with van der Waals surface area (Å²) in [5, 5.41) is 7.10. The average molecular weight is 351 g/mol. The number of rotatable bonds is 7. The van der Waals surface area contributed by atoms with Crippen LogP contribution in [0.4, 0.5) is 0 Å². The van der Waals surface area contributed by atoms with Crippen molar-refractivity contribution in [1.82, 2.24) is 15.1 Å². The second-order valence-corrected chi connectivity index (χ2v) is 5.71. The van der Waals surface area contributed by atoms with E-state index in [1.165, 1.54) is 0 Å². The maximum atomic E-state index is 12.2. The lowest BCUT2D eigenvalue weighted by molar-refractivity contribution is 0.0947. The standard InChI is InChI=1S/C20H21N3O3/c1-15-11-12-22-23(15)17-5-3-16(4-6-17)20(24)21-13-14-26-19-9-7-18(25-2)8-10-19/h3-12H,13-14H2,1-2H3,(H,21,24). The summed E-state index contributed by atoms with van der Waals surface area (Å²) < 4.78 is 12.5. The number of carbonyl (C=O) groups excluding carboxylic acids is 1. The molecule has 0 unspecified atom stereocenters. The van der Waals surface area contributed by atoms with Gasteiger partial charge in [0.1, 0.15) is 18.1 Å². The summed E-state index contributed by atoms with van der Waals surface area (Å²) in [6, 6.07) is 16.6. The lowest BCUT2D eigenvalue weighted by Gasteiger charge is -2.09. The summed E-state index contributed by atoms with van der Waals surface area (Å²) in [6.07, 6.45) is 1.75. The van der Waals surface area contributed by atoms with E-state index in [1.54, 1.807) is 25.4 Å². The minimum absolute atomic E-state index is 0.132. The molecule has 0 aliphatic carbocycles. The zero-order chi connectivity index (χ0) is 18.4. The van der Waals surface area contributed by atoms with Gasteiger partial charge in [-0.25, -0.2) is 4.68 Å². The first-order valence-electron chi connectivity index (χ1n) is 8.33. The third-order valence-corrected chi connectivity index (χ3v) is 3.92. The van der Waals surface area contributed by atoms with Crippen molar-refractivity contribution in [2.75, 3.05) is 20.3 Å². The Hall–Kier alpha value is -3.28. The summed E-state index contributed by atoms with van der Waals surface area (Å²) in [4.78, 5) is 12.2. The Morgan fingerprint density at radius 3 is 2.35 bits per heavy atom. The van der Waals surface area contributed by atoms with Gasteiger partial charge in [-0.15, -0.1) is 0 Å². The Bertz CT molecular complexity index is 855. The number of ether oxygens (including phenoxy) is 2. The van der Waals surface area contributed by atoms with Crippen molar-refractivity contribution in [2.45, 2.75) is 6.92 Å². The number of aryl methyl sites for hydroxylation is 1. The molecule has 0 radical (unpaired) electrons. The monoisotopic (exact) mass is 351 g/mol. The van der Waals surface area contributed by atoms with Crippen LogP contribution in [0.2, 0.25) is 0 Å². The minimum atomic E-state index is -0.132. The number of aromatic nitrogens is 2. The van der Waals surface area contributed by atoms with Gasteiger partial charge in [0.05, 0.1) is 19.3 Å². The molecule has 134 valence electrons. The van der Waals surface area contributed by atoms with Crippen LogP contribution < -0.4 is 14.8 Å². The number of amides is 1. The highest BCUT2D eigenvalue weighted by Crippen LogP contribution is 2.16. The second-order valence-electron chi connectivity index (χ2n) is 5.71. The van der Waals surface area contributed by atoms with E-state index in [9.17, 15) is 4.79 Å². The third-order valence-electron chi connectivity index (χ3n) is 3.92. The zero-order valence-electron chi connectivity index (χ0n) is 14.8. The van der Waals surface area contributed by atoms with Gasteiger partial charge in [-0.1, -0.05) is 0 Å². The van der Waals surface area contributed by atoms with E-state index in [4.69, 9.17) is 9.47 Å². The van der Waals surface area contributed by atoms with Crippen LogP contribution >= 0.6 is 0 Å². The van der Waals surface area contributed by atoms with Gasteiger partial charge in [0.2, 0.25) is 0 Å². The van der Waals surface area contributed by atoms with Gasteiger partial charge in [-0.05, 0) is 61.5 Å². The fourth-order valence-corrected chi connectivity index (χ4v) is 2.50. The fourth-order valence-electron chi connectivity index (χ4n) is 2.50. The zero-order valence-corrected chi connectivity index (χ0v) is 14.8. The fraction of sp³-hybridized carbons (Fsp3) is 0.200. The van der Waals surface area contributed by atoms with Crippen LogP contribution in [0.5, 0.6) is 11.5 Å². The van der Waals surface area contributed by atoms with Crippen LogP contribution in [-0.4, -0.2) is 35.9 Å². The maximum absolute atomic E-state index is 12.2. The van der Waals surface area contributed by atoms with Crippen molar-refractivity contribution in [3.8, 4) is 17.2 Å². The molecule has 6 heteroatoms. The molecule has 1 aromatic heterocycles. The van der Waals surface area contributed by atoms with Crippen LogP contribution in [0.25, 0.3) is 5.69 Å². The molecule has 0 bridgehead atoms. The molecule has 6 nitrogen and oxygen atoms in total. The van der Waals surface area contributed by atoms with Gasteiger partial charge in [-0.2, -0.15) is 5.10 Å². The normalized spacial score (nSPS) is 10.4. The van der Waals surface area contributed by atoms with Gasteiger partial charge in [0.15, 0.2) is 0 Å². The highest BCUT2D eigenvalue weighted by molar-refractivity contribution is 5.94. The number of methoxy groups -OCH3 is 1. The highest BCUT2D eigenvalue weighted by Gasteiger charge is 2.06. The lowest BCUT2D eigenvalue weighted by atomic mass is 10.2. The molecule has 0 saturated carbocycles. The first-order chi connectivity index (χ1) is 12.7. The first-order valence-corrected chi connectivity index (χ1v) is 8.33. The van der Waals surface area contributed by atoms with E-state index in [1.807, 2.05) is 54.1 Å². The predicted octanol–water partition coefficient (Wildman–Crippen LogP) is 3.00. The third kappa shape index (κ3) is 4.22. The molecule has 1 N–H and O–H groups in total. The summed E-state index contributed by atoms with van der Waals surface area (Å²) in [6.45, 7) is 2.80. The van der Waals surface area contributed by atoms with E-state index in [0.29, 0.717) is 18.7 Å². The predicted molar refractivity (Wildman–Crippen MR) is 99.1 cm³/mol. The van der Waals surface area contributed by atoms with Crippen LogP contribution in [0.15, 0.2) is 60.8 Å². The van der Waals surface area contributed by atoms with E-state index in [2.05, 4.69) is 10.4 Å². The number of nitrogens with one attached hydrogen (secondary N) is 1. The van der Waals surface area contributed by atoms with Crippen LogP contribution in [0, 0.1) is 6.92 Å². The average Bonchev–Trinajstić information content (AvgIpc) is 3.11. The number of carbonyl (C=O) groups is 1. The summed E-state index contributed by atoms with van der Waals surface area (Å²) in [5.74, 6) is 1.38. The van der Waals surface area contributed by atoms with Gasteiger partial charge in [0.25, 0.3) is 5.91 Å². The molecule has 0 aliphatic rings. The molecule has 0 saturated heterocycles. The van der Waals surface area contributed by atoms with E-state index in [0.717, 1.165) is 22.9 Å². The number of nitrogens with zero attached hydrogens (tertiary/aromatic N) is 2. The van der Waals surface area contributed by atoms with Crippen LogP contribution in [0.3, 0.4) is 0 Å². The topological polar surface area (TPSA) is 65.4 Å². The molecule has 1 amide bonds. The minimum Gasteiger partial charge on any atom is -0.497 e. The van der Waals surface area contributed by atoms with Gasteiger partial charge >= 0.3 is 0 Å². The van der Waals surface area contributed by atoms with E-state index < -0.39 is 0 Å². The summed E-state index contributed by atoms with van der Waals surface area (Å²) in [7, 11) is 1.62. The van der Waals surface area contributed by atoms with Crippen molar-refractivity contribution in [1.29, 1.82) is 0 Å². The molecule has 0 spiro atoms. The number of hydrogen-bond acceptors (Lipinski definition) is 4. The lowest BCUT2D eigenvalue weighted by Crippen LogP contribution is -2.28. The quantitative estimate of drug-likeness (QED) is 0.665. The maximum Gasteiger partial charge on any atom is 0.251 e.